The number of carbonyl (C=O) groups is 2. The van der Waals surface area contributed by atoms with Gasteiger partial charge in [0.25, 0.3) is 0 Å². The van der Waals surface area contributed by atoms with Crippen LogP contribution in [0.5, 0.6) is 0 Å². The molecule has 1 aliphatic rings. The first-order valence-electron chi connectivity index (χ1n) is 7.77. The molecule has 0 unspecified atom stereocenters. The summed E-state index contributed by atoms with van der Waals surface area (Å²) < 4.78 is 1.04. The second-order valence-corrected chi connectivity index (χ2v) is 6.60. The zero-order chi connectivity index (χ0) is 16.7. The molecule has 122 valence electrons. The fraction of sp³-hybridized carbons (Fsp3) is 0.471. The Morgan fingerprint density at radius 2 is 1.91 bits per heavy atom. The number of halogens is 1. The fourth-order valence-electron chi connectivity index (χ4n) is 2.68. The predicted octanol–water partition coefficient (Wildman–Crippen LogP) is 2.40. The van der Waals surface area contributed by atoms with Crippen molar-refractivity contribution < 1.29 is 9.59 Å². The van der Waals surface area contributed by atoms with Gasteiger partial charge in [-0.3, -0.25) is 9.59 Å². The zero-order valence-electron chi connectivity index (χ0n) is 12.9. The molecule has 0 saturated carbocycles. The Balaban J connectivity index is 1.72. The van der Waals surface area contributed by atoms with Crippen LogP contribution in [0.2, 0.25) is 0 Å². The number of benzene rings is 1. The second kappa shape index (κ2) is 8.68. The van der Waals surface area contributed by atoms with Gasteiger partial charge in [0.2, 0.25) is 11.8 Å². The van der Waals surface area contributed by atoms with E-state index in [2.05, 4.69) is 21.2 Å². The van der Waals surface area contributed by atoms with E-state index >= 15 is 0 Å². The van der Waals surface area contributed by atoms with E-state index in [1.54, 1.807) is 0 Å². The molecule has 0 atom stereocenters. The number of nitrogens with one attached hydrogen (secondary N) is 1. The van der Waals surface area contributed by atoms with E-state index in [0.29, 0.717) is 19.5 Å². The third kappa shape index (κ3) is 5.68. The fourth-order valence-corrected chi connectivity index (χ4v) is 2.95. The highest BCUT2D eigenvalue weighted by molar-refractivity contribution is 9.10. The van der Waals surface area contributed by atoms with Gasteiger partial charge in [0.15, 0.2) is 0 Å². The molecule has 1 aromatic carbocycles. The number of likely N-dealkylation sites (tertiary alicyclic amines) is 1. The lowest BCUT2D eigenvalue weighted by Gasteiger charge is -2.32. The van der Waals surface area contributed by atoms with E-state index in [4.69, 9.17) is 5.26 Å². The zero-order valence-corrected chi connectivity index (χ0v) is 14.5. The Hall–Kier alpha value is -1.87. The summed E-state index contributed by atoms with van der Waals surface area (Å²) in [4.78, 5) is 25.5. The van der Waals surface area contributed by atoms with Gasteiger partial charge < -0.3 is 10.2 Å². The first kappa shape index (κ1) is 17.5. The van der Waals surface area contributed by atoms with Crippen LogP contribution in [0, 0.1) is 11.3 Å². The molecule has 5 nitrogen and oxygen atoms in total. The third-order valence-corrected chi connectivity index (χ3v) is 4.52. The van der Waals surface area contributed by atoms with Crippen molar-refractivity contribution in [1.82, 2.24) is 10.2 Å². The van der Waals surface area contributed by atoms with Crippen molar-refractivity contribution >= 4 is 27.7 Å². The van der Waals surface area contributed by atoms with Crippen LogP contribution in [0.15, 0.2) is 28.7 Å². The summed E-state index contributed by atoms with van der Waals surface area (Å²) in [5.41, 5.74) is 1.15. The van der Waals surface area contributed by atoms with E-state index in [9.17, 15) is 9.59 Å². The molecule has 0 spiro atoms. The number of amides is 2. The maximum atomic E-state index is 12.3. The first-order valence-corrected chi connectivity index (χ1v) is 8.56. The number of rotatable bonds is 5. The molecule has 0 bridgehead atoms. The number of nitriles is 1. The van der Waals surface area contributed by atoms with Gasteiger partial charge in [-0.15, -0.1) is 0 Å². The topological polar surface area (TPSA) is 73.2 Å². The molecule has 0 aromatic heterocycles. The van der Waals surface area contributed by atoms with Crippen LogP contribution in [0.4, 0.5) is 0 Å². The smallest absolute Gasteiger partial charge is 0.234 e. The Labute approximate surface area is 144 Å². The van der Waals surface area contributed by atoms with Gasteiger partial charge in [-0.2, -0.15) is 5.26 Å². The molecular weight excluding hydrogens is 358 g/mol. The molecule has 1 fully saturated rings. The molecule has 1 aromatic rings. The monoisotopic (exact) mass is 377 g/mol. The van der Waals surface area contributed by atoms with Crippen molar-refractivity contribution in [2.45, 2.75) is 38.1 Å². The van der Waals surface area contributed by atoms with Crippen LogP contribution >= 0.6 is 15.9 Å². The molecule has 0 aliphatic carbocycles. The third-order valence-electron chi connectivity index (χ3n) is 3.99. The van der Waals surface area contributed by atoms with Gasteiger partial charge in [0, 0.05) is 30.0 Å². The summed E-state index contributed by atoms with van der Waals surface area (Å²) in [6, 6.07) is 9.92. The maximum absolute atomic E-state index is 12.3. The lowest BCUT2D eigenvalue weighted by molar-refractivity contribution is -0.132. The number of hydrogen-bond donors (Lipinski definition) is 1. The molecule has 2 amide bonds. The highest BCUT2D eigenvalue weighted by Gasteiger charge is 2.23. The summed E-state index contributed by atoms with van der Waals surface area (Å²) in [5, 5.41) is 11.3. The Morgan fingerprint density at radius 1 is 1.26 bits per heavy atom. The van der Waals surface area contributed by atoms with Gasteiger partial charge in [-0.25, -0.2) is 0 Å². The van der Waals surface area contributed by atoms with Gasteiger partial charge in [-0.1, -0.05) is 28.1 Å². The van der Waals surface area contributed by atoms with Gasteiger partial charge >= 0.3 is 0 Å². The summed E-state index contributed by atoms with van der Waals surface area (Å²) in [7, 11) is 0. The average molecular weight is 378 g/mol. The number of piperidine rings is 1. The standard InChI is InChI=1S/C17H20BrN3O2/c18-14-4-1-13(2-5-14)3-6-17(23)21-11-8-15(9-12-21)20-16(22)7-10-19/h1-2,4-5,15H,3,6-9,11-12H2,(H,20,22). The van der Waals surface area contributed by atoms with Gasteiger partial charge in [0.1, 0.15) is 6.42 Å². The van der Waals surface area contributed by atoms with Crippen molar-refractivity contribution in [1.29, 1.82) is 5.26 Å². The summed E-state index contributed by atoms with van der Waals surface area (Å²) in [5.74, 6) is -0.0674. The number of aryl methyl sites for hydroxylation is 1. The molecule has 23 heavy (non-hydrogen) atoms. The SMILES string of the molecule is N#CCC(=O)NC1CCN(C(=O)CCc2ccc(Br)cc2)CC1. The highest BCUT2D eigenvalue weighted by atomic mass is 79.9. The van der Waals surface area contributed by atoms with E-state index in [1.807, 2.05) is 35.2 Å². The van der Waals surface area contributed by atoms with Crippen LogP contribution in [0.25, 0.3) is 0 Å². The summed E-state index contributed by atoms with van der Waals surface area (Å²) in [6.07, 6.45) is 2.65. The predicted molar refractivity (Wildman–Crippen MR) is 90.4 cm³/mol. The highest BCUT2D eigenvalue weighted by Crippen LogP contribution is 2.15. The van der Waals surface area contributed by atoms with Crippen molar-refractivity contribution in [3.63, 3.8) is 0 Å². The number of hydrogen-bond acceptors (Lipinski definition) is 3. The van der Waals surface area contributed by atoms with E-state index < -0.39 is 0 Å². The van der Waals surface area contributed by atoms with Crippen molar-refractivity contribution in [3.05, 3.63) is 34.3 Å². The minimum Gasteiger partial charge on any atom is -0.352 e. The normalized spacial score (nSPS) is 15.0. The minimum atomic E-state index is -0.229. The average Bonchev–Trinajstić information content (AvgIpc) is 2.55. The van der Waals surface area contributed by atoms with Gasteiger partial charge in [-0.05, 0) is 37.0 Å². The molecule has 1 N–H and O–H groups in total. The van der Waals surface area contributed by atoms with Crippen LogP contribution in [-0.2, 0) is 16.0 Å². The van der Waals surface area contributed by atoms with E-state index in [1.165, 1.54) is 0 Å². The molecule has 6 heteroatoms. The first-order chi connectivity index (χ1) is 11.1. The summed E-state index contributed by atoms with van der Waals surface area (Å²) in [6.45, 7) is 1.33. The molecule has 2 rings (SSSR count). The molecule has 1 aliphatic heterocycles. The van der Waals surface area contributed by atoms with E-state index in [-0.39, 0.29) is 24.3 Å². The van der Waals surface area contributed by atoms with Crippen LogP contribution in [0.1, 0.15) is 31.2 Å². The molecular formula is C17H20BrN3O2. The quantitative estimate of drug-likeness (QED) is 0.855. The van der Waals surface area contributed by atoms with Crippen molar-refractivity contribution in [2.24, 2.45) is 0 Å². The summed E-state index contributed by atoms with van der Waals surface area (Å²) >= 11 is 3.40. The van der Waals surface area contributed by atoms with Crippen LogP contribution in [-0.4, -0.2) is 35.8 Å². The lowest BCUT2D eigenvalue weighted by atomic mass is 10.0. The maximum Gasteiger partial charge on any atom is 0.234 e. The Bertz CT molecular complexity index is 587. The largest absolute Gasteiger partial charge is 0.352 e. The van der Waals surface area contributed by atoms with Crippen LogP contribution in [0.3, 0.4) is 0 Å². The number of nitrogens with zero attached hydrogens (tertiary/aromatic N) is 2. The van der Waals surface area contributed by atoms with Crippen LogP contribution < -0.4 is 5.32 Å². The van der Waals surface area contributed by atoms with Crippen molar-refractivity contribution in [2.75, 3.05) is 13.1 Å². The molecule has 1 heterocycles. The molecule has 1 saturated heterocycles. The Kier molecular flexibility index (Phi) is 6.60. The lowest BCUT2D eigenvalue weighted by Crippen LogP contribution is -2.46. The van der Waals surface area contributed by atoms with E-state index in [0.717, 1.165) is 29.3 Å². The van der Waals surface area contributed by atoms with Gasteiger partial charge in [0.05, 0.1) is 6.07 Å². The number of carbonyl (C=O) groups excluding carboxylic acids is 2. The Morgan fingerprint density at radius 3 is 2.52 bits per heavy atom. The minimum absolute atomic E-state index is 0.0753. The second-order valence-electron chi connectivity index (χ2n) is 5.68. The van der Waals surface area contributed by atoms with Crippen molar-refractivity contribution in [3.8, 4) is 6.07 Å². The molecule has 0 radical (unpaired) electrons.